The summed E-state index contributed by atoms with van der Waals surface area (Å²) in [4.78, 5) is 4.65. The van der Waals surface area contributed by atoms with Crippen LogP contribution in [0.4, 0.5) is 5.82 Å². The summed E-state index contributed by atoms with van der Waals surface area (Å²) in [6.07, 6.45) is 0. The van der Waals surface area contributed by atoms with Gasteiger partial charge in [-0.25, -0.2) is 0 Å². The topological polar surface area (TPSA) is 32.3 Å². The molecule has 0 N–H and O–H groups in total. The van der Waals surface area contributed by atoms with Crippen molar-refractivity contribution in [1.82, 2.24) is 15.1 Å². The molecule has 88 valence electrons. The van der Waals surface area contributed by atoms with Gasteiger partial charge in [0.25, 0.3) is 0 Å². The molecule has 2 unspecified atom stereocenters. The number of likely N-dealkylation sites (N-methyl/N-ethyl adjacent to an activating group) is 1. The molecule has 1 aliphatic rings. The number of rotatable bonds is 1. The average Bonchev–Trinajstić information content (AvgIpc) is 2.26. The van der Waals surface area contributed by atoms with E-state index >= 15 is 0 Å². The van der Waals surface area contributed by atoms with Crippen LogP contribution >= 0.6 is 11.6 Å². The molecule has 1 aliphatic heterocycles. The molecule has 0 saturated carbocycles. The minimum absolute atomic E-state index is 0.443. The zero-order valence-corrected chi connectivity index (χ0v) is 10.6. The lowest BCUT2D eigenvalue weighted by atomic mass is 10.1. The Morgan fingerprint density at radius 2 is 1.81 bits per heavy atom. The molecular formula is C11H17ClN4. The maximum Gasteiger partial charge on any atom is 0.151 e. The molecule has 0 aliphatic carbocycles. The third kappa shape index (κ3) is 2.28. The molecule has 0 spiro atoms. The van der Waals surface area contributed by atoms with Crippen molar-refractivity contribution >= 4 is 17.4 Å². The van der Waals surface area contributed by atoms with Crippen LogP contribution < -0.4 is 4.90 Å². The van der Waals surface area contributed by atoms with Gasteiger partial charge < -0.3 is 4.90 Å². The van der Waals surface area contributed by atoms with E-state index in [-0.39, 0.29) is 0 Å². The van der Waals surface area contributed by atoms with Gasteiger partial charge in [-0.05, 0) is 33.0 Å². The first-order chi connectivity index (χ1) is 7.58. The van der Waals surface area contributed by atoms with E-state index in [1.165, 1.54) is 0 Å². The fourth-order valence-corrected chi connectivity index (χ4v) is 2.17. The van der Waals surface area contributed by atoms with Gasteiger partial charge in [-0.2, -0.15) is 0 Å². The Hall–Kier alpha value is -0.870. The Balaban J connectivity index is 2.13. The molecule has 0 aromatic carbocycles. The van der Waals surface area contributed by atoms with Crippen molar-refractivity contribution in [3.63, 3.8) is 0 Å². The molecule has 2 rings (SSSR count). The van der Waals surface area contributed by atoms with Gasteiger partial charge in [0.2, 0.25) is 0 Å². The summed E-state index contributed by atoms with van der Waals surface area (Å²) in [6, 6.07) is 4.78. The summed E-state index contributed by atoms with van der Waals surface area (Å²) in [5.41, 5.74) is 0. The molecule has 16 heavy (non-hydrogen) atoms. The second-order valence-corrected chi connectivity index (χ2v) is 4.87. The lowest BCUT2D eigenvalue weighted by Gasteiger charge is -2.42. The Labute approximate surface area is 101 Å². The summed E-state index contributed by atoms with van der Waals surface area (Å²) in [5, 5.41) is 8.45. The van der Waals surface area contributed by atoms with E-state index < -0.39 is 0 Å². The molecule has 1 fully saturated rings. The van der Waals surface area contributed by atoms with Crippen LogP contribution in [0.3, 0.4) is 0 Å². The molecule has 2 heterocycles. The predicted octanol–water partition coefficient (Wildman–Crippen LogP) is 1.66. The highest BCUT2D eigenvalue weighted by atomic mass is 35.5. The van der Waals surface area contributed by atoms with Crippen LogP contribution in [-0.2, 0) is 0 Å². The molecule has 0 bridgehead atoms. The molecule has 0 radical (unpaired) electrons. The average molecular weight is 241 g/mol. The van der Waals surface area contributed by atoms with E-state index in [0.717, 1.165) is 18.9 Å². The van der Waals surface area contributed by atoms with Crippen molar-refractivity contribution in [1.29, 1.82) is 0 Å². The van der Waals surface area contributed by atoms with E-state index in [1.807, 2.05) is 6.07 Å². The normalized spacial score (nSPS) is 27.1. The van der Waals surface area contributed by atoms with Crippen LogP contribution in [0.15, 0.2) is 12.1 Å². The highest BCUT2D eigenvalue weighted by Gasteiger charge is 2.27. The van der Waals surface area contributed by atoms with Gasteiger partial charge in [0.1, 0.15) is 0 Å². The second kappa shape index (κ2) is 4.55. The maximum absolute atomic E-state index is 5.73. The van der Waals surface area contributed by atoms with Crippen molar-refractivity contribution in [2.45, 2.75) is 25.9 Å². The quantitative estimate of drug-likeness (QED) is 0.748. The fourth-order valence-electron chi connectivity index (χ4n) is 2.07. The molecule has 4 nitrogen and oxygen atoms in total. The van der Waals surface area contributed by atoms with Gasteiger partial charge in [0.15, 0.2) is 11.0 Å². The van der Waals surface area contributed by atoms with Gasteiger partial charge in [-0.1, -0.05) is 11.6 Å². The summed E-state index contributed by atoms with van der Waals surface area (Å²) in [5.74, 6) is 0.913. The Bertz CT molecular complexity index is 342. The minimum atomic E-state index is 0.443. The number of aromatic nitrogens is 2. The van der Waals surface area contributed by atoms with Gasteiger partial charge in [-0.3, -0.25) is 4.90 Å². The van der Waals surface area contributed by atoms with E-state index in [2.05, 4.69) is 40.9 Å². The molecule has 1 aromatic heterocycles. The van der Waals surface area contributed by atoms with Crippen molar-refractivity contribution < 1.29 is 0 Å². The monoisotopic (exact) mass is 240 g/mol. The zero-order chi connectivity index (χ0) is 11.7. The smallest absolute Gasteiger partial charge is 0.151 e. The number of hydrogen-bond donors (Lipinski definition) is 0. The third-order valence-electron chi connectivity index (χ3n) is 3.30. The van der Waals surface area contributed by atoms with E-state index in [0.29, 0.717) is 17.2 Å². The number of piperazine rings is 1. The third-order valence-corrected chi connectivity index (χ3v) is 3.50. The van der Waals surface area contributed by atoms with Crippen LogP contribution in [0.1, 0.15) is 13.8 Å². The molecule has 0 amide bonds. The number of anilines is 1. The van der Waals surface area contributed by atoms with E-state index in [9.17, 15) is 0 Å². The molecule has 5 heteroatoms. The molecule has 1 saturated heterocycles. The molecular weight excluding hydrogens is 224 g/mol. The van der Waals surface area contributed by atoms with Crippen LogP contribution in [0.25, 0.3) is 0 Å². The van der Waals surface area contributed by atoms with Gasteiger partial charge in [0, 0.05) is 25.2 Å². The highest BCUT2D eigenvalue weighted by Crippen LogP contribution is 2.19. The molecule has 1 aromatic rings. The molecule has 2 atom stereocenters. The fraction of sp³-hybridized carbons (Fsp3) is 0.636. The number of nitrogens with zero attached hydrogens (tertiary/aromatic N) is 4. The second-order valence-electron chi connectivity index (χ2n) is 4.48. The van der Waals surface area contributed by atoms with Gasteiger partial charge in [-0.15, -0.1) is 10.2 Å². The predicted molar refractivity (Wildman–Crippen MR) is 65.9 cm³/mol. The van der Waals surface area contributed by atoms with Crippen LogP contribution in [0.5, 0.6) is 0 Å². The number of hydrogen-bond acceptors (Lipinski definition) is 4. The SMILES string of the molecule is CC1CN(c2ccc(Cl)nn2)CC(C)N1C. The Kier molecular flexibility index (Phi) is 3.30. The summed E-state index contributed by atoms with van der Waals surface area (Å²) in [6.45, 7) is 6.42. The van der Waals surface area contributed by atoms with Crippen molar-refractivity contribution in [2.24, 2.45) is 0 Å². The van der Waals surface area contributed by atoms with Crippen molar-refractivity contribution in [3.8, 4) is 0 Å². The maximum atomic E-state index is 5.73. The first kappa shape index (κ1) is 11.6. The minimum Gasteiger partial charge on any atom is -0.352 e. The summed E-state index contributed by atoms with van der Waals surface area (Å²) >= 11 is 5.73. The summed E-state index contributed by atoms with van der Waals surface area (Å²) < 4.78 is 0. The standard InChI is InChI=1S/C11H17ClN4/c1-8-6-16(7-9(2)15(8)3)11-5-4-10(12)13-14-11/h4-5,8-9H,6-7H2,1-3H3. The number of halogens is 1. The highest BCUT2D eigenvalue weighted by molar-refractivity contribution is 6.29. The van der Waals surface area contributed by atoms with Crippen LogP contribution in [0, 0.1) is 0 Å². The Morgan fingerprint density at radius 3 is 2.31 bits per heavy atom. The van der Waals surface area contributed by atoms with Gasteiger partial charge >= 0.3 is 0 Å². The van der Waals surface area contributed by atoms with Gasteiger partial charge in [0.05, 0.1) is 0 Å². The lowest BCUT2D eigenvalue weighted by molar-refractivity contribution is 0.169. The summed E-state index contributed by atoms with van der Waals surface area (Å²) in [7, 11) is 2.17. The zero-order valence-electron chi connectivity index (χ0n) is 9.89. The van der Waals surface area contributed by atoms with Crippen LogP contribution in [0.2, 0.25) is 5.15 Å². The van der Waals surface area contributed by atoms with E-state index in [1.54, 1.807) is 6.07 Å². The first-order valence-corrected chi connectivity index (χ1v) is 5.92. The van der Waals surface area contributed by atoms with Crippen molar-refractivity contribution in [3.05, 3.63) is 17.3 Å². The van der Waals surface area contributed by atoms with E-state index in [4.69, 9.17) is 11.6 Å². The lowest BCUT2D eigenvalue weighted by Crippen LogP contribution is -2.55. The Morgan fingerprint density at radius 1 is 1.19 bits per heavy atom. The first-order valence-electron chi connectivity index (χ1n) is 5.54. The van der Waals surface area contributed by atoms with Crippen LogP contribution in [-0.4, -0.2) is 47.3 Å². The van der Waals surface area contributed by atoms with Crippen molar-refractivity contribution in [2.75, 3.05) is 25.0 Å². The largest absolute Gasteiger partial charge is 0.352 e.